The summed E-state index contributed by atoms with van der Waals surface area (Å²) in [5.41, 5.74) is 0. The molecule has 1 aliphatic rings. The Balaban J connectivity index is 2.14. The molecule has 1 rings (SSSR count). The van der Waals surface area contributed by atoms with Crippen molar-refractivity contribution in [2.24, 2.45) is 0 Å². The van der Waals surface area contributed by atoms with E-state index in [0.29, 0.717) is 19.4 Å². The molecule has 11 heteroatoms. The molecule has 7 unspecified atom stereocenters. The van der Waals surface area contributed by atoms with Crippen molar-refractivity contribution in [3.63, 3.8) is 0 Å². The molecule has 0 spiro atoms. The summed E-state index contributed by atoms with van der Waals surface area (Å²) in [4.78, 5) is 25.0. The summed E-state index contributed by atoms with van der Waals surface area (Å²) in [5, 5.41) is 54.3. The highest BCUT2D eigenvalue weighted by molar-refractivity contribution is 5.76. The van der Waals surface area contributed by atoms with Crippen LogP contribution < -0.4 is 5.32 Å². The van der Waals surface area contributed by atoms with Gasteiger partial charge in [0.1, 0.15) is 24.4 Å². The lowest BCUT2D eigenvalue weighted by Crippen LogP contribution is -2.60. The number of ether oxygens (including phenoxy) is 3. The van der Waals surface area contributed by atoms with Gasteiger partial charge in [-0.05, 0) is 70.6 Å². The molecule has 1 saturated heterocycles. The van der Waals surface area contributed by atoms with Gasteiger partial charge < -0.3 is 45.1 Å². The van der Waals surface area contributed by atoms with E-state index >= 15 is 0 Å². The van der Waals surface area contributed by atoms with Gasteiger partial charge in [0.05, 0.1) is 32.0 Å². The van der Waals surface area contributed by atoms with E-state index in [4.69, 9.17) is 14.2 Å². The van der Waals surface area contributed by atoms with Crippen LogP contribution in [0, 0.1) is 0 Å². The third kappa shape index (κ3) is 38.5. The van der Waals surface area contributed by atoms with Gasteiger partial charge >= 0.3 is 5.97 Å². The molecule has 6 N–H and O–H groups in total. The number of aliphatic hydroxyl groups excluding tert-OH is 5. The number of allylic oxidation sites excluding steroid dienone is 5. The van der Waals surface area contributed by atoms with Crippen LogP contribution >= 0.6 is 0 Å². The van der Waals surface area contributed by atoms with Gasteiger partial charge in [-0.1, -0.05) is 217 Å². The zero-order valence-electron chi connectivity index (χ0n) is 45.0. The predicted molar refractivity (Wildman–Crippen MR) is 287 cm³/mol. The Kier molecular flexibility index (Phi) is 46.2. The molecule has 7 atom stereocenters. The lowest BCUT2D eigenvalue weighted by Gasteiger charge is -2.40. The van der Waals surface area contributed by atoms with Crippen LogP contribution in [0.25, 0.3) is 0 Å². The highest BCUT2D eigenvalue weighted by Gasteiger charge is 2.44. The average Bonchev–Trinajstić information content (AvgIpc) is 3.36. The Labute approximate surface area is 428 Å². The SMILES string of the molecule is CCCCCCCCC/C=C/CC/C=C/C(O)C(COC1OC(CO)C(O)C(O)C1O)NC(=O)CCCCCCC/C=C\CCCCCCCCCCCOC(=O)CCCCCCCCCCCCC. The van der Waals surface area contributed by atoms with Gasteiger partial charge in [-0.3, -0.25) is 9.59 Å². The van der Waals surface area contributed by atoms with E-state index in [1.807, 2.05) is 6.08 Å². The first-order chi connectivity index (χ1) is 34.2. The molecule has 410 valence electrons. The van der Waals surface area contributed by atoms with Gasteiger partial charge in [0.25, 0.3) is 0 Å². The standard InChI is InChI=1S/C59H109NO10/c1-3-5-7-9-11-13-15-22-26-29-33-37-41-45-52(62)51(50-69-59-58(67)57(66)56(65)53(49-61)70-59)60-54(63)46-42-38-34-30-27-23-20-18-16-17-19-21-24-28-32-36-40-44-48-68-55(64)47-43-39-35-31-25-14-12-10-8-6-4-2/h18,20,26,29,41,45,51-53,56-59,61-62,65-67H,3-17,19,21-25,27-28,30-40,42-44,46-50H2,1-2H3,(H,60,63)/b20-18-,29-26+,45-41+. The summed E-state index contributed by atoms with van der Waals surface area (Å²) in [6.07, 6.45) is 49.4. The largest absolute Gasteiger partial charge is 0.466 e. The van der Waals surface area contributed by atoms with Crippen LogP contribution in [0.4, 0.5) is 0 Å². The van der Waals surface area contributed by atoms with Crippen LogP contribution in [-0.4, -0.2) is 100 Å². The summed E-state index contributed by atoms with van der Waals surface area (Å²) in [6, 6.07) is -0.837. The molecule has 0 bridgehead atoms. The van der Waals surface area contributed by atoms with E-state index in [0.717, 1.165) is 89.9 Å². The van der Waals surface area contributed by atoms with Gasteiger partial charge in [0.15, 0.2) is 6.29 Å². The molecule has 0 aromatic heterocycles. The zero-order chi connectivity index (χ0) is 51.0. The average molecular weight is 993 g/mol. The summed E-state index contributed by atoms with van der Waals surface area (Å²) in [5.74, 6) is -0.221. The van der Waals surface area contributed by atoms with Crippen molar-refractivity contribution < 1.29 is 49.3 Å². The number of amides is 1. The zero-order valence-corrected chi connectivity index (χ0v) is 45.0. The van der Waals surface area contributed by atoms with E-state index in [-0.39, 0.29) is 18.5 Å². The maximum absolute atomic E-state index is 13.0. The highest BCUT2D eigenvalue weighted by Crippen LogP contribution is 2.23. The first kappa shape index (κ1) is 65.9. The van der Waals surface area contributed by atoms with Crippen molar-refractivity contribution in [3.8, 4) is 0 Å². The number of hydrogen-bond acceptors (Lipinski definition) is 10. The van der Waals surface area contributed by atoms with Crippen molar-refractivity contribution in [1.82, 2.24) is 5.32 Å². The Bertz CT molecular complexity index is 1260. The smallest absolute Gasteiger partial charge is 0.305 e. The van der Waals surface area contributed by atoms with Gasteiger partial charge in [0.2, 0.25) is 5.91 Å². The molecular weight excluding hydrogens is 883 g/mol. The Hall–Kier alpha value is -2.12. The maximum Gasteiger partial charge on any atom is 0.305 e. The third-order valence-corrected chi connectivity index (χ3v) is 13.7. The Morgan fingerprint density at radius 3 is 1.41 bits per heavy atom. The monoisotopic (exact) mass is 992 g/mol. The first-order valence-corrected chi connectivity index (χ1v) is 29.3. The maximum atomic E-state index is 13.0. The molecular formula is C59H109NO10. The van der Waals surface area contributed by atoms with Crippen LogP contribution in [0.2, 0.25) is 0 Å². The van der Waals surface area contributed by atoms with Gasteiger partial charge in [0, 0.05) is 12.8 Å². The fraction of sp³-hybridized carbons (Fsp3) is 0.864. The van der Waals surface area contributed by atoms with Crippen molar-refractivity contribution in [3.05, 3.63) is 36.5 Å². The Morgan fingerprint density at radius 2 is 0.929 bits per heavy atom. The number of nitrogens with one attached hydrogen (secondary N) is 1. The normalized spacial score (nSPS) is 19.4. The fourth-order valence-corrected chi connectivity index (χ4v) is 9.03. The van der Waals surface area contributed by atoms with Crippen LogP contribution in [0.1, 0.15) is 264 Å². The molecule has 0 saturated carbocycles. The molecule has 1 heterocycles. The van der Waals surface area contributed by atoms with Crippen LogP contribution in [0.5, 0.6) is 0 Å². The van der Waals surface area contributed by atoms with Gasteiger partial charge in [-0.2, -0.15) is 0 Å². The predicted octanol–water partition coefficient (Wildman–Crippen LogP) is 13.1. The van der Waals surface area contributed by atoms with Gasteiger partial charge in [-0.15, -0.1) is 0 Å². The lowest BCUT2D eigenvalue weighted by atomic mass is 9.99. The minimum Gasteiger partial charge on any atom is -0.466 e. The second kappa shape index (κ2) is 49.1. The van der Waals surface area contributed by atoms with Crippen LogP contribution in [0.15, 0.2) is 36.5 Å². The molecule has 70 heavy (non-hydrogen) atoms. The summed E-state index contributed by atoms with van der Waals surface area (Å²) in [7, 11) is 0. The molecule has 0 aromatic rings. The quantitative estimate of drug-likeness (QED) is 0.0195. The van der Waals surface area contributed by atoms with Crippen molar-refractivity contribution in [1.29, 1.82) is 0 Å². The molecule has 1 amide bonds. The number of unbranched alkanes of at least 4 members (excludes halogenated alkanes) is 32. The highest BCUT2D eigenvalue weighted by atomic mass is 16.7. The fourth-order valence-electron chi connectivity index (χ4n) is 9.03. The number of hydrogen-bond donors (Lipinski definition) is 6. The first-order valence-electron chi connectivity index (χ1n) is 29.3. The molecule has 11 nitrogen and oxygen atoms in total. The molecule has 1 fully saturated rings. The van der Waals surface area contributed by atoms with Crippen LogP contribution in [0.3, 0.4) is 0 Å². The Morgan fingerprint density at radius 1 is 0.514 bits per heavy atom. The second-order valence-electron chi connectivity index (χ2n) is 20.3. The molecule has 1 aliphatic heterocycles. The number of aliphatic hydroxyl groups is 5. The number of carbonyl (C=O) groups is 2. The van der Waals surface area contributed by atoms with E-state index in [9.17, 15) is 35.1 Å². The lowest BCUT2D eigenvalue weighted by molar-refractivity contribution is -0.302. The summed E-state index contributed by atoms with van der Waals surface area (Å²) in [6.45, 7) is 4.29. The molecule has 0 radical (unpaired) electrons. The summed E-state index contributed by atoms with van der Waals surface area (Å²) >= 11 is 0. The van der Waals surface area contributed by atoms with Crippen molar-refractivity contribution >= 4 is 11.9 Å². The number of rotatable bonds is 50. The van der Waals surface area contributed by atoms with Crippen molar-refractivity contribution in [2.75, 3.05) is 19.8 Å². The molecule has 0 aromatic carbocycles. The van der Waals surface area contributed by atoms with Crippen LogP contribution in [-0.2, 0) is 23.8 Å². The molecule has 0 aliphatic carbocycles. The minimum absolute atomic E-state index is 0.0140. The van der Waals surface area contributed by atoms with E-state index in [2.05, 4.69) is 43.5 Å². The number of carbonyl (C=O) groups excluding carboxylic acids is 2. The third-order valence-electron chi connectivity index (χ3n) is 13.7. The topological polar surface area (TPSA) is 175 Å². The van der Waals surface area contributed by atoms with Crippen molar-refractivity contribution in [2.45, 2.75) is 307 Å². The number of esters is 1. The van der Waals surface area contributed by atoms with Gasteiger partial charge in [-0.25, -0.2) is 0 Å². The minimum atomic E-state index is -1.58. The second-order valence-corrected chi connectivity index (χ2v) is 20.3. The summed E-state index contributed by atoms with van der Waals surface area (Å²) < 4.78 is 16.7. The van der Waals surface area contributed by atoms with E-state index < -0.39 is 49.5 Å². The van der Waals surface area contributed by atoms with E-state index in [1.54, 1.807) is 6.08 Å². The van der Waals surface area contributed by atoms with E-state index in [1.165, 1.54) is 148 Å².